The predicted molar refractivity (Wildman–Crippen MR) is 108 cm³/mol. The number of primary amides is 1. The maximum absolute atomic E-state index is 11.7. The zero-order valence-electron chi connectivity index (χ0n) is 16.8. The molecule has 0 saturated carbocycles. The van der Waals surface area contributed by atoms with Gasteiger partial charge in [0.2, 0.25) is 5.95 Å². The first-order valence-electron chi connectivity index (χ1n) is 9.43. The molecule has 1 fully saturated rings. The van der Waals surface area contributed by atoms with Gasteiger partial charge >= 0.3 is 12.0 Å². The van der Waals surface area contributed by atoms with Crippen molar-refractivity contribution in [1.82, 2.24) is 24.8 Å². The summed E-state index contributed by atoms with van der Waals surface area (Å²) < 4.78 is 6.64. The van der Waals surface area contributed by atoms with Crippen LogP contribution in [0.3, 0.4) is 0 Å². The molecule has 178 valence electrons. The van der Waals surface area contributed by atoms with Crippen LogP contribution in [0.25, 0.3) is 11.2 Å². The lowest BCUT2D eigenvalue weighted by molar-refractivity contribution is -0.138. The lowest BCUT2D eigenvalue weighted by Gasteiger charge is -2.16. The summed E-state index contributed by atoms with van der Waals surface area (Å²) in [6.07, 6.45) is -2.38. The van der Waals surface area contributed by atoms with Crippen LogP contribution in [0.4, 0.5) is 10.7 Å². The molecular weight excluding hydrogens is 432 g/mol. The topological polar surface area (TPSA) is 278 Å². The number of aromatic nitrogens is 4. The molecule has 0 aromatic carbocycles. The molecule has 16 heteroatoms. The Morgan fingerprint density at radius 1 is 1.34 bits per heavy atom. The number of H-pyrrole nitrogens is 1. The molecule has 1 saturated heterocycles. The number of amides is 2. The number of nitrogens with two attached hydrogens (primary N) is 3. The van der Waals surface area contributed by atoms with E-state index in [1.165, 1.54) is 10.9 Å². The smallest absolute Gasteiger partial charge is 0.320 e. The highest BCUT2D eigenvalue weighted by Crippen LogP contribution is 2.30. The average Bonchev–Trinajstić information content (AvgIpc) is 3.26. The second-order valence-electron chi connectivity index (χ2n) is 6.88. The number of anilines is 1. The Kier molecular flexibility index (Phi) is 8.44. The number of carboxylic acids is 1. The normalized spacial score (nSPS) is 23.4. The third kappa shape index (κ3) is 5.89. The Labute approximate surface area is 180 Å². The Hall–Kier alpha value is -3.31. The second kappa shape index (κ2) is 10.8. The largest absolute Gasteiger partial charge is 0.480 e. The summed E-state index contributed by atoms with van der Waals surface area (Å²) in [6.45, 7) is -0.0895. The van der Waals surface area contributed by atoms with Crippen molar-refractivity contribution in [2.24, 2.45) is 11.5 Å². The Balaban J connectivity index is 0.000000262. The van der Waals surface area contributed by atoms with Gasteiger partial charge in [-0.2, -0.15) is 4.98 Å². The first-order chi connectivity index (χ1) is 15.1. The summed E-state index contributed by atoms with van der Waals surface area (Å²) in [5.41, 5.74) is 15.1. The lowest BCUT2D eigenvalue weighted by atomic mass is 10.1. The van der Waals surface area contributed by atoms with Gasteiger partial charge in [-0.25, -0.2) is 9.78 Å². The number of hydrogen-bond donors (Lipinski definition) is 9. The molecule has 0 bridgehead atoms. The number of rotatable bonds is 7. The average molecular weight is 458 g/mol. The number of urea groups is 1. The van der Waals surface area contributed by atoms with Crippen molar-refractivity contribution in [3.63, 3.8) is 0 Å². The van der Waals surface area contributed by atoms with Crippen LogP contribution in [0.2, 0.25) is 0 Å². The van der Waals surface area contributed by atoms with E-state index in [0.29, 0.717) is 19.4 Å². The lowest BCUT2D eigenvalue weighted by Crippen LogP contribution is -2.33. The van der Waals surface area contributed by atoms with Crippen molar-refractivity contribution in [1.29, 1.82) is 0 Å². The van der Waals surface area contributed by atoms with Crippen LogP contribution in [0.5, 0.6) is 0 Å². The maximum Gasteiger partial charge on any atom is 0.320 e. The standard InChI is InChI=1S/C10H13N5O5.C6H13N3O3/c11-10-13-7-4(8(19)14-10)12-2-15(7)9-6(18)5(17)3(1-16)20-9;7-4(5(10)11)2-1-3-9-6(8)12/h2-3,5-6,9,16-18H,1H2,(H3,11,13,14,19);4H,1-3,7H2,(H,10,11)(H3,8,9,12)/t3-,5-,6-,9-;4-/m10/s1. The third-order valence-corrected chi connectivity index (χ3v) is 4.55. The van der Waals surface area contributed by atoms with Gasteiger partial charge < -0.3 is 47.7 Å². The van der Waals surface area contributed by atoms with Crippen LogP contribution < -0.4 is 28.1 Å². The Bertz CT molecular complexity index is 994. The van der Waals surface area contributed by atoms with Gasteiger partial charge in [0.1, 0.15) is 24.4 Å². The quantitative estimate of drug-likeness (QED) is 0.180. The molecule has 2 amide bonds. The summed E-state index contributed by atoms with van der Waals surface area (Å²) in [5.74, 6) is -1.13. The monoisotopic (exact) mass is 458 g/mol. The fourth-order valence-electron chi connectivity index (χ4n) is 2.90. The van der Waals surface area contributed by atoms with Crippen LogP contribution in [0.1, 0.15) is 19.1 Å². The van der Waals surface area contributed by atoms with Gasteiger partial charge in [-0.3, -0.25) is 19.1 Å². The number of nitrogen functional groups attached to an aromatic ring is 1. The van der Waals surface area contributed by atoms with E-state index in [4.69, 9.17) is 32.2 Å². The maximum atomic E-state index is 11.7. The van der Waals surface area contributed by atoms with Gasteiger partial charge in [0.15, 0.2) is 17.4 Å². The summed E-state index contributed by atoms with van der Waals surface area (Å²) in [6, 6.07) is -1.47. The highest BCUT2D eigenvalue weighted by Gasteiger charge is 2.44. The fourth-order valence-corrected chi connectivity index (χ4v) is 2.90. The SMILES string of the molecule is NC(=O)NCCC[C@H](N)C(=O)O.Nc1nc2c(ncn2[C@@H]2O[C@H](CO)[C@@H](O)[C@H]2O)c(=O)[nH]1. The van der Waals surface area contributed by atoms with Crippen LogP contribution in [-0.2, 0) is 9.53 Å². The van der Waals surface area contributed by atoms with Crippen LogP contribution in [0.15, 0.2) is 11.1 Å². The molecule has 3 rings (SSSR count). The van der Waals surface area contributed by atoms with E-state index >= 15 is 0 Å². The van der Waals surface area contributed by atoms with Crippen molar-refractivity contribution < 1.29 is 34.8 Å². The van der Waals surface area contributed by atoms with E-state index in [1.807, 2.05) is 0 Å². The van der Waals surface area contributed by atoms with E-state index in [2.05, 4.69) is 20.3 Å². The number of carbonyl (C=O) groups excluding carboxylic acids is 1. The number of hydrogen-bond acceptors (Lipinski definition) is 11. The highest BCUT2D eigenvalue weighted by molar-refractivity contribution is 5.73. The van der Waals surface area contributed by atoms with Gasteiger partial charge in [-0.1, -0.05) is 0 Å². The number of nitrogens with zero attached hydrogens (tertiary/aromatic N) is 3. The number of ether oxygens (including phenoxy) is 1. The number of fused-ring (bicyclic) bond motifs is 1. The van der Waals surface area contributed by atoms with Crippen LogP contribution in [0, 0.1) is 0 Å². The number of aliphatic carboxylic acids is 1. The number of imidazole rings is 1. The molecule has 1 aliphatic rings. The summed E-state index contributed by atoms with van der Waals surface area (Å²) >= 11 is 0. The number of nitrogens with one attached hydrogen (secondary N) is 2. The number of aromatic amines is 1. The molecule has 0 unspecified atom stereocenters. The molecule has 0 radical (unpaired) electrons. The van der Waals surface area contributed by atoms with E-state index in [1.54, 1.807) is 0 Å². The zero-order chi connectivity index (χ0) is 24.0. The number of aliphatic hydroxyl groups excluding tert-OH is 3. The molecule has 3 heterocycles. The van der Waals surface area contributed by atoms with Crippen molar-refractivity contribution in [2.45, 2.75) is 43.4 Å². The van der Waals surface area contributed by atoms with Crippen molar-refractivity contribution in [2.75, 3.05) is 18.9 Å². The number of carboxylic acid groups (broad SMARTS) is 1. The van der Waals surface area contributed by atoms with Gasteiger partial charge in [0.25, 0.3) is 5.56 Å². The van der Waals surface area contributed by atoms with Gasteiger partial charge in [-0.05, 0) is 12.8 Å². The van der Waals surface area contributed by atoms with Gasteiger partial charge in [0.05, 0.1) is 12.9 Å². The second-order valence-corrected chi connectivity index (χ2v) is 6.88. The first-order valence-corrected chi connectivity index (χ1v) is 9.43. The molecule has 2 aromatic heterocycles. The van der Waals surface area contributed by atoms with E-state index in [9.17, 15) is 24.6 Å². The fraction of sp³-hybridized carbons (Fsp3) is 0.562. The third-order valence-electron chi connectivity index (χ3n) is 4.55. The van der Waals surface area contributed by atoms with Crippen molar-refractivity contribution in [3.8, 4) is 0 Å². The Morgan fingerprint density at radius 3 is 2.59 bits per heavy atom. The molecule has 32 heavy (non-hydrogen) atoms. The zero-order valence-corrected chi connectivity index (χ0v) is 16.8. The van der Waals surface area contributed by atoms with Crippen molar-refractivity contribution >= 4 is 29.1 Å². The molecule has 1 aliphatic heterocycles. The number of aliphatic hydroxyl groups is 3. The van der Waals surface area contributed by atoms with E-state index < -0.39 is 54.7 Å². The predicted octanol–water partition coefficient (Wildman–Crippen LogP) is -3.84. The molecule has 0 spiro atoms. The van der Waals surface area contributed by atoms with E-state index in [-0.39, 0.29) is 17.1 Å². The summed E-state index contributed by atoms with van der Waals surface area (Å²) in [7, 11) is 0. The molecule has 0 aliphatic carbocycles. The highest BCUT2D eigenvalue weighted by atomic mass is 16.6. The minimum absolute atomic E-state index is 0.0388. The molecular formula is C16H26N8O8. The van der Waals surface area contributed by atoms with Crippen LogP contribution in [-0.4, -0.2) is 89.5 Å². The number of carbonyl (C=O) groups is 2. The van der Waals surface area contributed by atoms with Crippen LogP contribution >= 0.6 is 0 Å². The first kappa shape index (κ1) is 25.0. The minimum Gasteiger partial charge on any atom is -0.480 e. The van der Waals surface area contributed by atoms with E-state index in [0.717, 1.165) is 0 Å². The molecule has 16 nitrogen and oxygen atoms in total. The molecule has 12 N–H and O–H groups in total. The van der Waals surface area contributed by atoms with Crippen molar-refractivity contribution in [3.05, 3.63) is 16.7 Å². The minimum atomic E-state index is -1.29. The summed E-state index contributed by atoms with van der Waals surface area (Å²) in [4.78, 5) is 42.1. The van der Waals surface area contributed by atoms with Gasteiger partial charge in [0, 0.05) is 6.54 Å². The summed E-state index contributed by atoms with van der Waals surface area (Å²) in [5, 5.41) is 39.4. The van der Waals surface area contributed by atoms with Gasteiger partial charge in [-0.15, -0.1) is 0 Å². The molecule has 2 aromatic rings. The Morgan fingerprint density at radius 2 is 2.03 bits per heavy atom. The molecule has 5 atom stereocenters.